The van der Waals surface area contributed by atoms with Gasteiger partial charge in [0, 0.05) is 11.3 Å². The second-order valence-corrected chi connectivity index (χ2v) is 8.69. The average molecular weight is 374 g/mol. The van der Waals surface area contributed by atoms with Crippen LogP contribution >= 0.6 is 0 Å². The van der Waals surface area contributed by atoms with Gasteiger partial charge in [0.05, 0.1) is 5.41 Å². The van der Waals surface area contributed by atoms with E-state index in [0.29, 0.717) is 5.82 Å². The summed E-state index contributed by atoms with van der Waals surface area (Å²) in [5.74, 6) is 1.45. The number of carbonyl (C=O) groups is 1. The number of rotatable bonds is 4. The molecule has 0 atom stereocenters. The topological polar surface area (TPSA) is 70.7 Å². The van der Waals surface area contributed by atoms with Crippen LogP contribution in [0.25, 0.3) is 11.4 Å². The number of H-pyrrole nitrogens is 1. The van der Waals surface area contributed by atoms with Gasteiger partial charge in [-0.2, -0.15) is 5.10 Å². The minimum Gasteiger partial charge on any atom is -0.325 e. The van der Waals surface area contributed by atoms with Gasteiger partial charge >= 0.3 is 0 Å². The predicted octanol–water partition coefficient (Wildman–Crippen LogP) is 4.75. The Labute approximate surface area is 165 Å². The summed E-state index contributed by atoms with van der Waals surface area (Å²) in [6, 6.07) is 16.2. The molecule has 144 valence electrons. The molecule has 0 aliphatic heterocycles. The highest BCUT2D eigenvalue weighted by Gasteiger charge is 2.51. The number of aromatic amines is 1. The zero-order chi connectivity index (χ0) is 19.9. The maximum atomic E-state index is 13.1. The Kier molecular flexibility index (Phi) is 4.33. The lowest BCUT2D eigenvalue weighted by Gasteiger charge is -2.21. The van der Waals surface area contributed by atoms with Crippen LogP contribution in [0.1, 0.15) is 50.6 Å². The van der Waals surface area contributed by atoms with Crippen molar-refractivity contribution in [3.8, 4) is 11.4 Å². The maximum Gasteiger partial charge on any atom is 0.235 e. The number of nitrogens with one attached hydrogen (secondary N) is 2. The molecule has 3 aromatic rings. The summed E-state index contributed by atoms with van der Waals surface area (Å²) >= 11 is 0. The van der Waals surface area contributed by atoms with E-state index in [1.165, 1.54) is 5.56 Å². The number of nitrogens with zero attached hydrogens (tertiary/aromatic N) is 2. The predicted molar refractivity (Wildman–Crippen MR) is 111 cm³/mol. The third-order valence-electron chi connectivity index (χ3n) is 5.46. The molecule has 0 radical (unpaired) electrons. The summed E-state index contributed by atoms with van der Waals surface area (Å²) in [4.78, 5) is 17.4. The van der Waals surface area contributed by atoms with E-state index in [0.717, 1.165) is 35.5 Å². The van der Waals surface area contributed by atoms with Gasteiger partial charge in [-0.1, -0.05) is 57.2 Å². The van der Waals surface area contributed by atoms with Crippen LogP contribution in [0.3, 0.4) is 0 Å². The highest BCUT2D eigenvalue weighted by molar-refractivity contribution is 6.01. The quantitative estimate of drug-likeness (QED) is 0.692. The monoisotopic (exact) mass is 374 g/mol. The van der Waals surface area contributed by atoms with Crippen LogP contribution in [0.5, 0.6) is 0 Å². The van der Waals surface area contributed by atoms with E-state index in [1.807, 2.05) is 31.2 Å². The van der Waals surface area contributed by atoms with Crippen molar-refractivity contribution in [1.29, 1.82) is 0 Å². The number of hydrogen-bond donors (Lipinski definition) is 2. The van der Waals surface area contributed by atoms with Crippen LogP contribution in [-0.2, 0) is 15.6 Å². The summed E-state index contributed by atoms with van der Waals surface area (Å²) < 4.78 is 0. The Morgan fingerprint density at radius 2 is 1.82 bits per heavy atom. The number of benzene rings is 2. The smallest absolute Gasteiger partial charge is 0.235 e. The zero-order valence-electron chi connectivity index (χ0n) is 16.8. The van der Waals surface area contributed by atoms with E-state index in [-0.39, 0.29) is 11.3 Å². The van der Waals surface area contributed by atoms with Crippen LogP contribution < -0.4 is 5.32 Å². The molecule has 1 amide bonds. The second kappa shape index (κ2) is 6.59. The van der Waals surface area contributed by atoms with Crippen LogP contribution in [0.2, 0.25) is 0 Å². The van der Waals surface area contributed by atoms with Gasteiger partial charge in [0.15, 0.2) is 5.82 Å². The normalized spacial score (nSPS) is 15.3. The Balaban J connectivity index is 1.54. The fraction of sp³-hybridized carbons (Fsp3) is 0.348. The highest BCUT2D eigenvalue weighted by Crippen LogP contribution is 2.49. The standard InChI is InChI=1S/C23H26N4O/c1-15-24-20(27-26-15)16-6-5-7-19(14-16)25-21(28)23(12-13-23)18-10-8-17(9-11-18)22(2,3)4/h5-11,14H,12-13H2,1-4H3,(H,25,28)(H,24,26,27). The van der Waals surface area contributed by atoms with E-state index >= 15 is 0 Å². The average Bonchev–Trinajstić information content (AvgIpc) is 3.37. The zero-order valence-corrected chi connectivity index (χ0v) is 16.8. The first kappa shape index (κ1) is 18.4. The SMILES string of the molecule is Cc1nc(-c2cccc(NC(=O)C3(c4ccc(C(C)(C)C)cc4)CC3)c2)n[nH]1. The molecule has 5 nitrogen and oxygen atoms in total. The Morgan fingerprint density at radius 1 is 1.11 bits per heavy atom. The maximum absolute atomic E-state index is 13.1. The van der Waals surface area contributed by atoms with E-state index in [9.17, 15) is 4.79 Å². The molecule has 4 rings (SSSR count). The molecule has 0 unspecified atom stereocenters. The van der Waals surface area contributed by atoms with Crippen molar-refractivity contribution in [2.75, 3.05) is 5.32 Å². The van der Waals surface area contributed by atoms with Crippen LogP contribution in [0, 0.1) is 6.92 Å². The minimum atomic E-state index is -0.409. The summed E-state index contributed by atoms with van der Waals surface area (Å²) in [7, 11) is 0. The number of aromatic nitrogens is 3. The molecule has 1 saturated carbocycles. The van der Waals surface area contributed by atoms with Gasteiger partial charge in [-0.3, -0.25) is 9.89 Å². The van der Waals surface area contributed by atoms with Crippen LogP contribution in [0.4, 0.5) is 5.69 Å². The fourth-order valence-corrected chi connectivity index (χ4v) is 3.52. The number of carbonyl (C=O) groups excluding carboxylic acids is 1. The molecule has 1 heterocycles. The summed E-state index contributed by atoms with van der Waals surface area (Å²) in [5.41, 5.74) is 3.72. The van der Waals surface area contributed by atoms with Gasteiger partial charge in [0.2, 0.25) is 5.91 Å². The number of amides is 1. The van der Waals surface area contributed by atoms with Gasteiger partial charge in [-0.25, -0.2) is 4.98 Å². The Hall–Kier alpha value is -2.95. The molecular formula is C23H26N4O. The minimum absolute atomic E-state index is 0.0549. The van der Waals surface area contributed by atoms with Gasteiger partial charge < -0.3 is 5.32 Å². The van der Waals surface area contributed by atoms with E-state index < -0.39 is 5.41 Å². The van der Waals surface area contributed by atoms with E-state index in [4.69, 9.17) is 0 Å². The molecule has 1 aromatic heterocycles. The van der Waals surface area contributed by atoms with Gasteiger partial charge in [-0.05, 0) is 48.4 Å². The van der Waals surface area contributed by atoms with Crippen molar-refractivity contribution >= 4 is 11.6 Å². The van der Waals surface area contributed by atoms with Crippen molar-refractivity contribution < 1.29 is 4.79 Å². The van der Waals surface area contributed by atoms with Crippen molar-refractivity contribution in [2.45, 2.75) is 51.4 Å². The van der Waals surface area contributed by atoms with Gasteiger partial charge in [0.25, 0.3) is 0 Å². The largest absolute Gasteiger partial charge is 0.325 e. The van der Waals surface area contributed by atoms with Crippen molar-refractivity contribution in [2.24, 2.45) is 0 Å². The van der Waals surface area contributed by atoms with Crippen LogP contribution in [-0.4, -0.2) is 21.1 Å². The molecule has 2 aromatic carbocycles. The molecule has 0 spiro atoms. The van der Waals surface area contributed by atoms with Crippen molar-refractivity contribution in [3.05, 3.63) is 65.5 Å². The lowest BCUT2D eigenvalue weighted by atomic mass is 9.85. The number of anilines is 1. The van der Waals surface area contributed by atoms with Gasteiger partial charge in [0.1, 0.15) is 5.82 Å². The van der Waals surface area contributed by atoms with E-state index in [2.05, 4.69) is 65.5 Å². The molecule has 1 aliphatic carbocycles. The molecule has 2 N–H and O–H groups in total. The number of aryl methyl sites for hydroxylation is 1. The molecule has 28 heavy (non-hydrogen) atoms. The summed E-state index contributed by atoms with van der Waals surface area (Å²) in [5, 5.41) is 10.1. The first-order valence-electron chi connectivity index (χ1n) is 9.70. The number of hydrogen-bond acceptors (Lipinski definition) is 3. The fourth-order valence-electron chi connectivity index (χ4n) is 3.52. The highest BCUT2D eigenvalue weighted by atomic mass is 16.2. The van der Waals surface area contributed by atoms with E-state index in [1.54, 1.807) is 0 Å². The molecule has 1 aliphatic rings. The first-order chi connectivity index (χ1) is 13.3. The Morgan fingerprint density at radius 3 is 2.39 bits per heavy atom. The Bertz CT molecular complexity index is 1010. The molecule has 0 saturated heterocycles. The van der Waals surface area contributed by atoms with Crippen LogP contribution in [0.15, 0.2) is 48.5 Å². The molecule has 0 bridgehead atoms. The third kappa shape index (κ3) is 3.44. The summed E-state index contributed by atoms with van der Waals surface area (Å²) in [6.45, 7) is 8.46. The lowest BCUT2D eigenvalue weighted by Crippen LogP contribution is -2.28. The summed E-state index contributed by atoms with van der Waals surface area (Å²) in [6.07, 6.45) is 1.76. The first-order valence-corrected chi connectivity index (χ1v) is 9.70. The third-order valence-corrected chi connectivity index (χ3v) is 5.46. The second-order valence-electron chi connectivity index (χ2n) is 8.69. The molecule has 5 heteroatoms. The molecular weight excluding hydrogens is 348 g/mol. The van der Waals surface area contributed by atoms with Gasteiger partial charge in [-0.15, -0.1) is 0 Å². The van der Waals surface area contributed by atoms with Crippen molar-refractivity contribution in [1.82, 2.24) is 15.2 Å². The molecule has 1 fully saturated rings. The van der Waals surface area contributed by atoms with Crippen molar-refractivity contribution in [3.63, 3.8) is 0 Å². The lowest BCUT2D eigenvalue weighted by molar-refractivity contribution is -0.118.